The van der Waals surface area contributed by atoms with Crippen molar-refractivity contribution in [3.8, 4) is 0 Å². The molecule has 7 nitrogen and oxygen atoms in total. The maximum Gasteiger partial charge on any atom is 0.314 e. The molecule has 3 aromatic rings. The first kappa shape index (κ1) is 13.2. The molecule has 3 rings (SSSR count). The average molecular weight is 285 g/mol. The van der Waals surface area contributed by atoms with E-state index in [1.54, 1.807) is 12.1 Å². The molecular formula is C14H15N5O2. The Hall–Kier alpha value is -2.83. The van der Waals surface area contributed by atoms with E-state index in [-0.39, 0.29) is 0 Å². The molecule has 2 aromatic heterocycles. The van der Waals surface area contributed by atoms with E-state index in [0.717, 1.165) is 22.6 Å². The van der Waals surface area contributed by atoms with Crippen molar-refractivity contribution in [2.24, 2.45) is 0 Å². The third-order valence-electron chi connectivity index (χ3n) is 3.47. The highest BCUT2D eigenvalue weighted by atomic mass is 16.2. The summed E-state index contributed by atoms with van der Waals surface area (Å²) in [4.78, 5) is 27.7. The Morgan fingerprint density at radius 1 is 1.10 bits per heavy atom. The Bertz CT molecular complexity index is 899. The van der Waals surface area contributed by atoms with Crippen LogP contribution in [0.5, 0.6) is 0 Å². The molecule has 0 atom stereocenters. The van der Waals surface area contributed by atoms with Gasteiger partial charge in [-0.3, -0.25) is 14.7 Å². The summed E-state index contributed by atoms with van der Waals surface area (Å²) < 4.78 is 0. The van der Waals surface area contributed by atoms with Crippen LogP contribution in [0.15, 0.2) is 27.8 Å². The van der Waals surface area contributed by atoms with Gasteiger partial charge in [-0.15, -0.1) is 0 Å². The number of benzene rings is 1. The number of fused-ring (bicyclic) bond motifs is 1. The number of H-pyrrole nitrogens is 3. The second-order valence-corrected chi connectivity index (χ2v) is 4.93. The van der Waals surface area contributed by atoms with Crippen LogP contribution in [-0.4, -0.2) is 20.2 Å². The van der Waals surface area contributed by atoms with Crippen LogP contribution in [0.3, 0.4) is 0 Å². The van der Waals surface area contributed by atoms with Gasteiger partial charge in [-0.1, -0.05) is 0 Å². The third-order valence-corrected chi connectivity index (χ3v) is 3.47. The molecule has 7 heteroatoms. The first-order valence-electron chi connectivity index (χ1n) is 6.55. The zero-order chi connectivity index (χ0) is 15.0. The Labute approximate surface area is 119 Å². The van der Waals surface area contributed by atoms with Crippen molar-refractivity contribution >= 4 is 16.7 Å². The lowest BCUT2D eigenvalue weighted by molar-refractivity contribution is 1.02. The van der Waals surface area contributed by atoms with E-state index in [0.29, 0.717) is 17.6 Å². The maximum atomic E-state index is 11.3. The molecule has 0 aliphatic carbocycles. The number of hydrogen-bond acceptors (Lipinski definition) is 4. The highest BCUT2D eigenvalue weighted by Gasteiger charge is 2.06. The van der Waals surface area contributed by atoms with Crippen LogP contribution in [0, 0.1) is 13.8 Å². The topological polar surface area (TPSA) is 106 Å². The number of hydrogen-bond donors (Lipinski definition) is 4. The minimum Gasteiger partial charge on any atom is -0.381 e. The minimum absolute atomic E-state index is 0.588. The predicted octanol–water partition coefficient (Wildman–Crippen LogP) is 1.17. The number of rotatable bonds is 3. The van der Waals surface area contributed by atoms with E-state index >= 15 is 0 Å². The molecule has 0 amide bonds. The molecule has 0 saturated carbocycles. The van der Waals surface area contributed by atoms with Gasteiger partial charge in [0.2, 0.25) is 0 Å². The van der Waals surface area contributed by atoms with Gasteiger partial charge in [0.15, 0.2) is 0 Å². The molecule has 1 aromatic carbocycles. The molecule has 4 N–H and O–H groups in total. The summed E-state index contributed by atoms with van der Waals surface area (Å²) in [5.41, 5.74) is 3.84. The smallest absolute Gasteiger partial charge is 0.314 e. The number of nitrogens with zero attached hydrogens (tertiary/aromatic N) is 1. The lowest BCUT2D eigenvalue weighted by atomic mass is 10.2. The maximum absolute atomic E-state index is 11.3. The molecule has 0 fully saturated rings. The van der Waals surface area contributed by atoms with Crippen molar-refractivity contribution in [3.05, 3.63) is 55.9 Å². The van der Waals surface area contributed by atoms with Gasteiger partial charge in [0.1, 0.15) is 0 Å². The Kier molecular flexibility index (Phi) is 3.09. The van der Waals surface area contributed by atoms with E-state index in [1.807, 2.05) is 19.9 Å². The van der Waals surface area contributed by atoms with Crippen LogP contribution >= 0.6 is 0 Å². The minimum atomic E-state index is -0.652. The van der Waals surface area contributed by atoms with Gasteiger partial charge in [-0.2, -0.15) is 5.10 Å². The van der Waals surface area contributed by atoms with E-state index in [9.17, 15) is 9.59 Å². The van der Waals surface area contributed by atoms with Crippen molar-refractivity contribution in [2.75, 3.05) is 5.32 Å². The molecule has 21 heavy (non-hydrogen) atoms. The quantitative estimate of drug-likeness (QED) is 0.542. The molecule has 0 unspecified atom stereocenters. The number of aryl methyl sites for hydroxylation is 2. The monoisotopic (exact) mass is 285 g/mol. The number of aromatic amines is 3. The Morgan fingerprint density at radius 2 is 1.81 bits per heavy atom. The zero-order valence-corrected chi connectivity index (χ0v) is 11.7. The van der Waals surface area contributed by atoms with Gasteiger partial charge in [-0.25, -0.2) is 0 Å². The van der Waals surface area contributed by atoms with Crippen molar-refractivity contribution in [2.45, 2.75) is 20.4 Å². The summed E-state index contributed by atoms with van der Waals surface area (Å²) in [6.07, 6.45) is 0. The summed E-state index contributed by atoms with van der Waals surface area (Å²) in [6, 6.07) is 5.39. The van der Waals surface area contributed by atoms with Crippen molar-refractivity contribution < 1.29 is 0 Å². The van der Waals surface area contributed by atoms with Gasteiger partial charge in [0.05, 0.1) is 16.7 Å². The van der Waals surface area contributed by atoms with Gasteiger partial charge >= 0.3 is 11.1 Å². The lowest BCUT2D eigenvalue weighted by Crippen LogP contribution is -2.28. The van der Waals surface area contributed by atoms with E-state index in [1.165, 1.54) is 0 Å². The summed E-state index contributed by atoms with van der Waals surface area (Å²) >= 11 is 0. The lowest BCUT2D eigenvalue weighted by Gasteiger charge is -2.07. The van der Waals surface area contributed by atoms with Crippen LogP contribution in [0.2, 0.25) is 0 Å². The van der Waals surface area contributed by atoms with Crippen LogP contribution in [0.1, 0.15) is 17.0 Å². The van der Waals surface area contributed by atoms with Crippen LogP contribution in [-0.2, 0) is 6.54 Å². The summed E-state index contributed by atoms with van der Waals surface area (Å²) in [6.45, 7) is 4.55. The molecule has 0 saturated heterocycles. The van der Waals surface area contributed by atoms with E-state index in [4.69, 9.17) is 0 Å². The SMILES string of the molecule is Cc1n[nH]c(C)c1CNc1ccc2[nH]c(=O)c(=O)[nH]c2c1. The number of aromatic nitrogens is 4. The Balaban J connectivity index is 1.90. The van der Waals surface area contributed by atoms with Gasteiger partial charge < -0.3 is 15.3 Å². The van der Waals surface area contributed by atoms with Gasteiger partial charge in [-0.05, 0) is 32.0 Å². The molecular weight excluding hydrogens is 270 g/mol. The number of nitrogens with one attached hydrogen (secondary N) is 4. The van der Waals surface area contributed by atoms with Gasteiger partial charge in [0, 0.05) is 23.5 Å². The highest BCUT2D eigenvalue weighted by Crippen LogP contribution is 2.16. The molecule has 0 aliphatic heterocycles. The first-order valence-corrected chi connectivity index (χ1v) is 6.55. The fourth-order valence-electron chi connectivity index (χ4n) is 2.25. The predicted molar refractivity (Wildman–Crippen MR) is 80.6 cm³/mol. The first-order chi connectivity index (χ1) is 10.0. The highest BCUT2D eigenvalue weighted by molar-refractivity contribution is 5.78. The van der Waals surface area contributed by atoms with Crippen LogP contribution in [0.4, 0.5) is 5.69 Å². The fourth-order valence-corrected chi connectivity index (χ4v) is 2.25. The van der Waals surface area contributed by atoms with Crippen LogP contribution in [0.25, 0.3) is 11.0 Å². The average Bonchev–Trinajstić information content (AvgIpc) is 2.77. The summed E-state index contributed by atoms with van der Waals surface area (Å²) in [7, 11) is 0. The fraction of sp³-hybridized carbons (Fsp3) is 0.214. The standard InChI is InChI=1S/C14H15N5O2/c1-7-10(8(2)19-18-7)6-15-9-3-4-11-12(5-9)17-14(21)13(20)16-11/h3-5,15H,6H2,1-2H3,(H,16,20)(H,17,21)(H,18,19). The molecule has 108 valence electrons. The van der Waals surface area contributed by atoms with Gasteiger partial charge in [0.25, 0.3) is 0 Å². The second-order valence-electron chi connectivity index (χ2n) is 4.93. The zero-order valence-electron chi connectivity index (χ0n) is 11.7. The van der Waals surface area contributed by atoms with E-state index in [2.05, 4.69) is 25.5 Å². The van der Waals surface area contributed by atoms with Crippen molar-refractivity contribution in [1.29, 1.82) is 0 Å². The molecule has 0 radical (unpaired) electrons. The largest absolute Gasteiger partial charge is 0.381 e. The van der Waals surface area contributed by atoms with E-state index < -0.39 is 11.1 Å². The van der Waals surface area contributed by atoms with Crippen molar-refractivity contribution in [3.63, 3.8) is 0 Å². The van der Waals surface area contributed by atoms with Crippen molar-refractivity contribution in [1.82, 2.24) is 20.2 Å². The number of anilines is 1. The molecule has 0 bridgehead atoms. The third kappa shape index (κ3) is 2.45. The van der Waals surface area contributed by atoms with Crippen LogP contribution < -0.4 is 16.4 Å². The summed E-state index contributed by atoms with van der Waals surface area (Å²) in [5, 5.41) is 10.4. The molecule has 0 aliphatic rings. The summed E-state index contributed by atoms with van der Waals surface area (Å²) in [5.74, 6) is 0. The normalized spacial score (nSPS) is 11.0. The Morgan fingerprint density at radius 3 is 2.48 bits per heavy atom. The molecule has 0 spiro atoms. The molecule has 2 heterocycles. The second kappa shape index (κ2) is 4.93.